The first kappa shape index (κ1) is 20.7. The second-order valence-corrected chi connectivity index (χ2v) is 6.95. The summed E-state index contributed by atoms with van der Waals surface area (Å²) in [5.74, 6) is 0. The van der Waals surface area contributed by atoms with Crippen molar-refractivity contribution in [3.8, 4) is 0 Å². The van der Waals surface area contributed by atoms with Crippen molar-refractivity contribution in [3.05, 3.63) is 91.7 Å². The largest absolute Gasteiger partial charge is 0.318 e. The maximum absolute atomic E-state index is 11.6. The third-order valence-corrected chi connectivity index (χ3v) is 5.04. The van der Waals surface area contributed by atoms with E-state index in [0.717, 1.165) is 21.5 Å². The molecule has 5 nitrogen and oxygen atoms in total. The maximum atomic E-state index is 11.6. The van der Waals surface area contributed by atoms with Crippen LogP contribution in [0.25, 0.3) is 21.5 Å². The lowest BCUT2D eigenvalue weighted by molar-refractivity contribution is 0.112. The fraction of sp³-hybridized carbons (Fsp3) is 0.136. The molecular weight excluding hydrogens is 439 g/mol. The molecule has 0 fully saturated rings. The zero-order chi connectivity index (χ0) is 22.3. The van der Waals surface area contributed by atoms with Crippen LogP contribution in [0.3, 0.4) is 0 Å². The van der Waals surface area contributed by atoms with Crippen LogP contribution in [0.1, 0.15) is 11.7 Å². The molecule has 2 heterocycles. The van der Waals surface area contributed by atoms with Gasteiger partial charge < -0.3 is 9.13 Å². The fourth-order valence-corrected chi connectivity index (χ4v) is 3.34. The molecule has 0 saturated heterocycles. The Morgan fingerprint density at radius 3 is 1.90 bits per heavy atom. The van der Waals surface area contributed by atoms with Crippen LogP contribution in [0.15, 0.2) is 75.0 Å². The van der Waals surface area contributed by atoms with Crippen LogP contribution in [-0.4, -0.2) is 22.6 Å². The maximum Gasteiger partial charge on any atom is 0.258 e. The van der Waals surface area contributed by atoms with E-state index in [9.17, 15) is 18.8 Å². The molecule has 150 valence electrons. The molecule has 0 unspecified atom stereocenters. The first-order valence-corrected chi connectivity index (χ1v) is 9.27. The lowest BCUT2D eigenvalue weighted by Gasteiger charge is -2.02. The number of aromatic nitrogens is 2. The molecule has 7 heteroatoms. The highest BCUT2D eigenvalue weighted by Crippen LogP contribution is 2.20. The molecule has 0 radical (unpaired) electrons. The van der Waals surface area contributed by atoms with Gasteiger partial charge in [-0.1, -0.05) is 34.1 Å². The zero-order valence-corrected chi connectivity index (χ0v) is 17.5. The van der Waals surface area contributed by atoms with Crippen molar-refractivity contribution in [2.75, 3.05) is 7.15 Å². The Bertz CT molecular complexity index is 1300. The number of alkyl halides is 1. The number of aldehydes is 1. The van der Waals surface area contributed by atoms with Gasteiger partial charge in [0.1, 0.15) is 0 Å². The monoisotopic (exact) mass is 459 g/mol. The zero-order valence-electron chi connectivity index (χ0n) is 16.9. The van der Waals surface area contributed by atoms with E-state index >= 15 is 0 Å². The van der Waals surface area contributed by atoms with Crippen LogP contribution in [0.4, 0.5) is 4.39 Å². The van der Waals surface area contributed by atoms with Crippen molar-refractivity contribution < 1.29 is 10.6 Å². The molecule has 0 aliphatic carbocycles. The summed E-state index contributed by atoms with van der Waals surface area (Å²) < 4.78 is 19.5. The van der Waals surface area contributed by atoms with Gasteiger partial charge in [-0.15, -0.1) is 0 Å². The molecule has 4 aromatic rings. The molecular formula is C22H20BrFN2O3. The van der Waals surface area contributed by atoms with Crippen molar-refractivity contribution in [1.82, 2.24) is 9.13 Å². The number of fused-ring (bicyclic) bond motifs is 2. The van der Waals surface area contributed by atoms with Crippen LogP contribution in [-0.2, 0) is 14.1 Å². The number of rotatable bonds is 1. The standard InChI is InChI=1S/C11H9NO2.C10H8BrNO.CH3F/c1-12-6-5-9-8(7-13)3-2-4-10(9)11(12)14;1-12-6-5-7-8(10(12)13)3-2-4-9(7)11;1-2/h2-7H,1H3;2-6H,1H3;1H3/i;;1D. The first-order chi connectivity index (χ1) is 14.3. The van der Waals surface area contributed by atoms with Crippen LogP contribution >= 0.6 is 15.9 Å². The Kier molecular flexibility index (Phi) is 7.08. The fourth-order valence-electron chi connectivity index (χ4n) is 2.84. The summed E-state index contributed by atoms with van der Waals surface area (Å²) in [5.41, 5.74) is 0.519. The number of hydrogen-bond acceptors (Lipinski definition) is 3. The van der Waals surface area contributed by atoms with E-state index in [1.807, 2.05) is 24.3 Å². The molecule has 2 aromatic heterocycles. The van der Waals surface area contributed by atoms with Crippen LogP contribution < -0.4 is 11.1 Å². The van der Waals surface area contributed by atoms with Crippen molar-refractivity contribution in [2.45, 2.75) is 0 Å². The van der Waals surface area contributed by atoms with Crippen LogP contribution in [0, 0.1) is 0 Å². The normalized spacial score (nSPS) is 10.4. The number of carbonyl (C=O) groups excluding carboxylic acids is 1. The molecule has 0 N–H and O–H groups in total. The van der Waals surface area contributed by atoms with E-state index in [1.54, 1.807) is 55.3 Å². The van der Waals surface area contributed by atoms with Crippen molar-refractivity contribution in [2.24, 2.45) is 14.1 Å². The van der Waals surface area contributed by atoms with E-state index in [4.69, 9.17) is 1.37 Å². The van der Waals surface area contributed by atoms with Crippen molar-refractivity contribution in [1.29, 1.82) is 0 Å². The summed E-state index contributed by atoms with van der Waals surface area (Å²) in [6.07, 6.45) is 4.20. The lowest BCUT2D eigenvalue weighted by atomic mass is 10.1. The second kappa shape index (κ2) is 9.93. The van der Waals surface area contributed by atoms with Gasteiger partial charge in [0.15, 0.2) is 6.29 Å². The number of carbonyl (C=O) groups is 1. The predicted octanol–water partition coefficient (Wildman–Crippen LogP) is 4.24. The van der Waals surface area contributed by atoms with Gasteiger partial charge in [-0.25, -0.2) is 0 Å². The lowest BCUT2D eigenvalue weighted by Crippen LogP contribution is -2.15. The highest BCUT2D eigenvalue weighted by molar-refractivity contribution is 9.10. The molecule has 2 aromatic carbocycles. The van der Waals surface area contributed by atoms with Gasteiger partial charge in [-0.3, -0.25) is 18.8 Å². The van der Waals surface area contributed by atoms with Gasteiger partial charge in [-0.2, -0.15) is 0 Å². The van der Waals surface area contributed by atoms with Crippen molar-refractivity contribution >= 4 is 43.8 Å². The Hall–Kier alpha value is -3.06. The minimum atomic E-state index is -1.00. The van der Waals surface area contributed by atoms with E-state index in [0.29, 0.717) is 16.3 Å². The third kappa shape index (κ3) is 4.68. The Morgan fingerprint density at radius 2 is 1.34 bits per heavy atom. The minimum Gasteiger partial charge on any atom is -0.318 e. The Labute approximate surface area is 176 Å². The van der Waals surface area contributed by atoms with Gasteiger partial charge in [-0.05, 0) is 35.7 Å². The molecule has 0 spiro atoms. The van der Waals surface area contributed by atoms with E-state index in [2.05, 4.69) is 15.9 Å². The topological polar surface area (TPSA) is 61.1 Å². The SMILES string of the molecule is Cn1ccc2c(Br)cccc2c1=O.Cn1ccc2c(C=O)cccc2c1=O.[2H]CF. The number of aryl methyl sites for hydroxylation is 2. The highest BCUT2D eigenvalue weighted by Gasteiger charge is 2.03. The molecule has 0 saturated carbocycles. The van der Waals surface area contributed by atoms with Crippen LogP contribution in [0.5, 0.6) is 0 Å². The van der Waals surface area contributed by atoms with E-state index in [1.165, 1.54) is 4.57 Å². The number of pyridine rings is 2. The number of nitrogens with zero attached hydrogens (tertiary/aromatic N) is 2. The molecule has 0 aliphatic rings. The number of hydrogen-bond donors (Lipinski definition) is 0. The summed E-state index contributed by atoms with van der Waals surface area (Å²) >= 11 is 3.41. The summed E-state index contributed by atoms with van der Waals surface area (Å²) in [6, 6.07) is 14.5. The highest BCUT2D eigenvalue weighted by atomic mass is 79.9. The molecule has 4 rings (SSSR count). The summed E-state index contributed by atoms with van der Waals surface area (Å²) in [4.78, 5) is 34.0. The minimum absolute atomic E-state index is 0.0406. The summed E-state index contributed by atoms with van der Waals surface area (Å²) in [6.45, 7) is 0. The Morgan fingerprint density at radius 1 is 0.862 bits per heavy atom. The third-order valence-electron chi connectivity index (χ3n) is 4.35. The van der Waals surface area contributed by atoms with Gasteiger partial charge >= 0.3 is 0 Å². The molecule has 0 atom stereocenters. The van der Waals surface area contributed by atoms with Crippen LogP contribution in [0.2, 0.25) is 0 Å². The quantitative estimate of drug-likeness (QED) is 0.400. The summed E-state index contributed by atoms with van der Waals surface area (Å²) in [7, 11) is 2.44. The van der Waals surface area contributed by atoms with Crippen molar-refractivity contribution in [3.63, 3.8) is 0 Å². The molecule has 0 bridgehead atoms. The van der Waals surface area contributed by atoms with Gasteiger partial charge in [0, 0.05) is 52.7 Å². The smallest absolute Gasteiger partial charge is 0.258 e. The average Bonchev–Trinajstić information content (AvgIpc) is 2.74. The number of benzene rings is 2. The molecule has 0 aliphatic heterocycles. The molecule has 29 heavy (non-hydrogen) atoms. The predicted molar refractivity (Wildman–Crippen MR) is 118 cm³/mol. The first-order valence-electron chi connectivity index (χ1n) is 9.19. The van der Waals surface area contributed by atoms with E-state index in [-0.39, 0.29) is 11.1 Å². The Balaban J connectivity index is 0.000000190. The van der Waals surface area contributed by atoms with Gasteiger partial charge in [0.05, 0.1) is 8.52 Å². The molecule has 0 amide bonds. The van der Waals surface area contributed by atoms with E-state index < -0.39 is 7.15 Å². The number of halogens is 2. The van der Waals surface area contributed by atoms with Gasteiger partial charge in [0.25, 0.3) is 11.1 Å². The average molecular weight is 460 g/mol. The second-order valence-electron chi connectivity index (χ2n) is 6.09. The summed E-state index contributed by atoms with van der Waals surface area (Å²) in [5, 5.41) is 3.01. The van der Waals surface area contributed by atoms with Gasteiger partial charge in [0.2, 0.25) is 0 Å².